The van der Waals surface area contributed by atoms with Crippen molar-refractivity contribution in [1.29, 1.82) is 0 Å². The first-order valence-electron chi connectivity index (χ1n) is 10.1. The Kier molecular flexibility index (Phi) is 5.91. The molecule has 1 aromatic carbocycles. The third-order valence-corrected chi connectivity index (χ3v) is 5.26. The molecule has 3 aromatic rings. The number of aryl methyl sites for hydroxylation is 1. The van der Waals surface area contributed by atoms with Gasteiger partial charge in [0.2, 0.25) is 5.88 Å². The number of benzene rings is 1. The standard InChI is InChI=1S/C21H19F3N4O6/c1-3-13-10(7-25-26-13)8-28-18-14(9-4-5-12(22)11(6-9)21(2,23)24)17(27-28)33-19(31)15(29)16(30)20(32)34-18/h4-7,15-16,29-30H,3,8H2,1-2H3,(H,25,26). The normalized spacial score (nSPS) is 18.7. The Morgan fingerprint density at radius 3 is 2.50 bits per heavy atom. The molecule has 0 amide bonds. The van der Waals surface area contributed by atoms with Crippen LogP contribution in [0.3, 0.4) is 0 Å². The van der Waals surface area contributed by atoms with Crippen molar-refractivity contribution in [2.24, 2.45) is 0 Å². The number of nitrogens with zero attached hydrogens (tertiary/aromatic N) is 3. The average molecular weight is 480 g/mol. The van der Waals surface area contributed by atoms with Crippen LogP contribution >= 0.6 is 0 Å². The van der Waals surface area contributed by atoms with Crippen LogP contribution in [0.2, 0.25) is 0 Å². The zero-order valence-electron chi connectivity index (χ0n) is 17.9. The molecule has 34 heavy (non-hydrogen) atoms. The van der Waals surface area contributed by atoms with Crippen molar-refractivity contribution in [3.05, 3.63) is 47.0 Å². The molecule has 0 fully saturated rings. The Balaban J connectivity index is 1.94. The fourth-order valence-corrected chi connectivity index (χ4v) is 3.48. The van der Waals surface area contributed by atoms with Crippen molar-refractivity contribution >= 4 is 11.9 Å². The van der Waals surface area contributed by atoms with Gasteiger partial charge in [0.25, 0.3) is 11.8 Å². The molecular weight excluding hydrogens is 461 g/mol. The van der Waals surface area contributed by atoms with Crippen molar-refractivity contribution in [1.82, 2.24) is 20.0 Å². The number of aliphatic hydroxyl groups excluding tert-OH is 2. The summed E-state index contributed by atoms with van der Waals surface area (Å²) in [6.07, 6.45) is -2.51. The summed E-state index contributed by atoms with van der Waals surface area (Å²) >= 11 is 0. The van der Waals surface area contributed by atoms with Crippen LogP contribution in [-0.2, 0) is 28.5 Å². The van der Waals surface area contributed by atoms with Crippen LogP contribution in [-0.4, -0.2) is 54.3 Å². The maximum atomic E-state index is 14.1. The molecule has 10 nitrogen and oxygen atoms in total. The second-order valence-electron chi connectivity index (χ2n) is 7.69. The summed E-state index contributed by atoms with van der Waals surface area (Å²) in [5.74, 6) is -8.45. The van der Waals surface area contributed by atoms with Crippen molar-refractivity contribution < 1.29 is 42.4 Å². The number of fused-ring (bicyclic) bond motifs is 2. The number of esters is 2. The summed E-state index contributed by atoms with van der Waals surface area (Å²) in [6, 6.07) is 2.71. The third kappa shape index (κ3) is 4.15. The van der Waals surface area contributed by atoms with Gasteiger partial charge in [0, 0.05) is 18.2 Å². The number of carbonyl (C=O) groups is 2. The lowest BCUT2D eigenvalue weighted by atomic mass is 10.0. The molecule has 0 aliphatic carbocycles. The maximum absolute atomic E-state index is 14.1. The van der Waals surface area contributed by atoms with Gasteiger partial charge in [-0.3, -0.25) is 5.10 Å². The summed E-state index contributed by atoms with van der Waals surface area (Å²) in [5, 5.41) is 30.7. The van der Waals surface area contributed by atoms with E-state index in [1.807, 2.05) is 6.92 Å². The van der Waals surface area contributed by atoms with Crippen LogP contribution in [0.1, 0.15) is 30.7 Å². The SMILES string of the molecule is CCc1[nH]ncc1Cn1nc2c(-c3ccc(F)c(C(C)(F)F)c3)c1OC(=O)C(O)C(O)C(=O)O2. The van der Waals surface area contributed by atoms with Gasteiger partial charge in [0.15, 0.2) is 12.2 Å². The molecule has 2 aromatic heterocycles. The monoisotopic (exact) mass is 480 g/mol. The number of nitrogens with one attached hydrogen (secondary N) is 1. The summed E-state index contributed by atoms with van der Waals surface area (Å²) in [5.41, 5.74) is 0.0679. The van der Waals surface area contributed by atoms with Crippen molar-refractivity contribution in [3.8, 4) is 22.9 Å². The Morgan fingerprint density at radius 1 is 1.18 bits per heavy atom. The summed E-state index contributed by atoms with van der Waals surface area (Å²) in [7, 11) is 0. The molecule has 0 saturated heterocycles. The highest BCUT2D eigenvalue weighted by molar-refractivity contribution is 5.91. The number of rotatable bonds is 5. The van der Waals surface area contributed by atoms with Gasteiger partial charge in [0.05, 0.1) is 18.3 Å². The second-order valence-corrected chi connectivity index (χ2v) is 7.69. The lowest BCUT2D eigenvalue weighted by Gasteiger charge is -2.15. The van der Waals surface area contributed by atoms with Gasteiger partial charge in [-0.25, -0.2) is 27.4 Å². The molecule has 2 unspecified atom stereocenters. The van der Waals surface area contributed by atoms with E-state index < -0.39 is 47.3 Å². The van der Waals surface area contributed by atoms with Gasteiger partial charge >= 0.3 is 11.9 Å². The molecule has 2 bridgehead atoms. The number of ether oxygens (including phenoxy) is 2. The van der Waals surface area contributed by atoms with Gasteiger partial charge in [-0.1, -0.05) is 13.0 Å². The lowest BCUT2D eigenvalue weighted by Crippen LogP contribution is -2.43. The number of aromatic nitrogens is 4. The number of hydrogen-bond donors (Lipinski definition) is 3. The average Bonchev–Trinajstić information content (AvgIpc) is 3.36. The molecular formula is C21H19F3N4O6. The van der Waals surface area contributed by atoms with E-state index >= 15 is 0 Å². The van der Waals surface area contributed by atoms with E-state index in [2.05, 4.69) is 15.3 Å². The topological polar surface area (TPSA) is 140 Å². The van der Waals surface area contributed by atoms with E-state index in [0.717, 1.165) is 28.6 Å². The molecule has 0 radical (unpaired) electrons. The van der Waals surface area contributed by atoms with Gasteiger partial charge in [0.1, 0.15) is 11.4 Å². The number of aromatic amines is 1. The summed E-state index contributed by atoms with van der Waals surface area (Å²) in [6.45, 7) is 2.32. The molecule has 13 heteroatoms. The highest BCUT2D eigenvalue weighted by atomic mass is 19.3. The quantitative estimate of drug-likeness (QED) is 0.469. The zero-order chi connectivity index (χ0) is 24.8. The predicted octanol–water partition coefficient (Wildman–Crippen LogP) is 1.68. The number of aliphatic hydroxyl groups is 2. The fourth-order valence-electron chi connectivity index (χ4n) is 3.48. The summed E-state index contributed by atoms with van der Waals surface area (Å²) in [4.78, 5) is 24.7. The second kappa shape index (κ2) is 8.57. The van der Waals surface area contributed by atoms with Crippen LogP contribution in [0.5, 0.6) is 11.8 Å². The van der Waals surface area contributed by atoms with Crippen molar-refractivity contribution in [2.75, 3.05) is 0 Å². The minimum absolute atomic E-state index is 0.0521. The molecule has 180 valence electrons. The Bertz CT molecular complexity index is 1270. The number of alkyl halides is 2. The molecule has 0 spiro atoms. The molecule has 3 heterocycles. The molecule has 1 aliphatic rings. The minimum atomic E-state index is -3.56. The first-order chi connectivity index (χ1) is 16.0. The van der Waals surface area contributed by atoms with Gasteiger partial charge in [-0.05, 0) is 24.1 Å². The number of H-pyrrole nitrogens is 1. The number of halogens is 3. The van der Waals surface area contributed by atoms with E-state index in [1.54, 1.807) is 0 Å². The highest BCUT2D eigenvalue weighted by Crippen LogP contribution is 2.42. The first-order valence-corrected chi connectivity index (χ1v) is 10.1. The Labute approximate surface area is 189 Å². The van der Waals surface area contributed by atoms with Gasteiger partial charge in [-0.15, -0.1) is 5.10 Å². The third-order valence-electron chi connectivity index (χ3n) is 5.26. The minimum Gasteiger partial charge on any atom is -0.405 e. The van der Waals surface area contributed by atoms with Crippen LogP contribution in [0, 0.1) is 5.82 Å². The molecule has 4 rings (SSSR count). The van der Waals surface area contributed by atoms with E-state index in [9.17, 15) is 33.0 Å². The maximum Gasteiger partial charge on any atom is 0.345 e. The van der Waals surface area contributed by atoms with Gasteiger partial charge < -0.3 is 19.7 Å². The number of carbonyl (C=O) groups excluding carboxylic acids is 2. The molecule has 3 N–H and O–H groups in total. The lowest BCUT2D eigenvalue weighted by molar-refractivity contribution is -0.162. The van der Waals surface area contributed by atoms with Crippen LogP contribution in [0.25, 0.3) is 11.1 Å². The van der Waals surface area contributed by atoms with E-state index in [4.69, 9.17) is 9.47 Å². The highest BCUT2D eigenvalue weighted by Gasteiger charge is 2.39. The van der Waals surface area contributed by atoms with E-state index in [1.165, 1.54) is 6.20 Å². The van der Waals surface area contributed by atoms with Crippen molar-refractivity contribution in [2.45, 2.75) is 44.9 Å². The molecule has 1 aliphatic heterocycles. The smallest absolute Gasteiger partial charge is 0.345 e. The fraction of sp³-hybridized carbons (Fsp3) is 0.333. The zero-order valence-corrected chi connectivity index (χ0v) is 17.9. The molecule has 0 saturated carbocycles. The first kappa shape index (κ1) is 23.4. The Morgan fingerprint density at radius 2 is 1.85 bits per heavy atom. The largest absolute Gasteiger partial charge is 0.405 e. The Hall–Kier alpha value is -3.71. The van der Waals surface area contributed by atoms with E-state index in [0.29, 0.717) is 18.9 Å². The molecule has 2 atom stereocenters. The predicted molar refractivity (Wildman–Crippen MR) is 108 cm³/mol. The summed E-state index contributed by atoms with van der Waals surface area (Å²) < 4.78 is 53.5. The van der Waals surface area contributed by atoms with E-state index in [-0.39, 0.29) is 23.6 Å². The van der Waals surface area contributed by atoms with Crippen LogP contribution < -0.4 is 9.47 Å². The van der Waals surface area contributed by atoms with Gasteiger partial charge in [-0.2, -0.15) is 5.10 Å². The van der Waals surface area contributed by atoms with Crippen LogP contribution in [0.4, 0.5) is 13.2 Å². The van der Waals surface area contributed by atoms with Crippen LogP contribution in [0.15, 0.2) is 24.4 Å². The number of hydrogen-bond acceptors (Lipinski definition) is 8. The van der Waals surface area contributed by atoms with Crippen molar-refractivity contribution in [3.63, 3.8) is 0 Å².